The third kappa shape index (κ3) is 3.10. The van der Waals surface area contributed by atoms with Gasteiger partial charge in [0.2, 0.25) is 0 Å². The van der Waals surface area contributed by atoms with Crippen molar-refractivity contribution in [1.29, 1.82) is 0 Å². The van der Waals surface area contributed by atoms with Crippen LogP contribution in [0.3, 0.4) is 0 Å². The fourth-order valence-electron chi connectivity index (χ4n) is 3.01. The summed E-state index contributed by atoms with van der Waals surface area (Å²) >= 11 is 0. The minimum absolute atomic E-state index is 0. The molecule has 0 unspecified atom stereocenters. The Labute approximate surface area is 145 Å². The van der Waals surface area contributed by atoms with Crippen LogP contribution in [0, 0.1) is 0 Å². The fraction of sp³-hybridized carbons (Fsp3) is 0.600. The van der Waals surface area contributed by atoms with Crippen LogP contribution in [-0.2, 0) is 20.6 Å². The second-order valence-corrected chi connectivity index (χ2v) is 5.99. The van der Waals surface area contributed by atoms with E-state index in [9.17, 15) is 9.59 Å². The smallest absolute Gasteiger partial charge is 0.332 e. The van der Waals surface area contributed by atoms with E-state index in [2.05, 4.69) is 21.9 Å². The van der Waals surface area contributed by atoms with Gasteiger partial charge in [0.05, 0.1) is 12.2 Å². The van der Waals surface area contributed by atoms with Crippen molar-refractivity contribution < 1.29 is 0 Å². The normalized spacial score (nSPS) is 16.1. The van der Waals surface area contributed by atoms with Gasteiger partial charge in [-0.25, -0.2) is 9.78 Å². The van der Waals surface area contributed by atoms with Crippen molar-refractivity contribution in [3.63, 3.8) is 0 Å². The van der Waals surface area contributed by atoms with Crippen LogP contribution < -0.4 is 11.2 Å². The Kier molecular flexibility index (Phi) is 5.48. The molecule has 1 aliphatic heterocycles. The lowest BCUT2D eigenvalue weighted by molar-refractivity contribution is 0.545. The van der Waals surface area contributed by atoms with Crippen LogP contribution >= 0.6 is 12.4 Å². The van der Waals surface area contributed by atoms with Crippen LogP contribution in [0.2, 0.25) is 0 Å². The monoisotopic (exact) mass is 354 g/mol. The fourth-order valence-corrected chi connectivity index (χ4v) is 3.01. The Bertz CT molecular complexity index is 878. The molecule has 2 aromatic heterocycles. The molecule has 2 aromatic rings. The minimum Gasteiger partial charge on any atom is -0.363 e. The summed E-state index contributed by atoms with van der Waals surface area (Å²) in [7, 11) is 5.19. The van der Waals surface area contributed by atoms with Gasteiger partial charge in [-0.1, -0.05) is 0 Å². The Balaban J connectivity index is 0.00000208. The molecular formula is C15H23ClN6O2. The molecule has 1 aliphatic rings. The number of nitrogens with zero attached hydrogens (tertiary/aromatic N) is 6. The van der Waals surface area contributed by atoms with E-state index in [0.29, 0.717) is 17.7 Å². The lowest BCUT2D eigenvalue weighted by Crippen LogP contribution is -2.37. The number of fused-ring (bicyclic) bond motifs is 1. The number of hydrogen-bond donors (Lipinski definition) is 0. The van der Waals surface area contributed by atoms with Crippen molar-refractivity contribution in [2.24, 2.45) is 19.1 Å². The maximum atomic E-state index is 12.3. The Morgan fingerprint density at radius 3 is 2.62 bits per heavy atom. The van der Waals surface area contributed by atoms with Crippen LogP contribution in [0.15, 0.2) is 20.9 Å². The first-order valence-corrected chi connectivity index (χ1v) is 7.86. The van der Waals surface area contributed by atoms with E-state index in [4.69, 9.17) is 0 Å². The summed E-state index contributed by atoms with van der Waals surface area (Å²) in [6.07, 6.45) is 4.67. The summed E-state index contributed by atoms with van der Waals surface area (Å²) in [5.74, 6) is 1.17. The molecule has 0 atom stereocenters. The lowest BCUT2D eigenvalue weighted by Gasteiger charge is -2.11. The molecule has 3 rings (SSSR count). The number of aliphatic imine (C=N–C) groups is 1. The zero-order chi connectivity index (χ0) is 16.6. The first-order chi connectivity index (χ1) is 11.0. The van der Waals surface area contributed by atoms with Gasteiger partial charge in [0.15, 0.2) is 11.2 Å². The van der Waals surface area contributed by atoms with Crippen molar-refractivity contribution in [2.45, 2.75) is 25.8 Å². The highest BCUT2D eigenvalue weighted by molar-refractivity contribution is 5.85. The van der Waals surface area contributed by atoms with Crippen molar-refractivity contribution in [1.82, 2.24) is 23.6 Å². The number of amidine groups is 1. The quantitative estimate of drug-likeness (QED) is 0.743. The highest BCUT2D eigenvalue weighted by Crippen LogP contribution is 2.10. The molecule has 3 heterocycles. The third-order valence-electron chi connectivity index (χ3n) is 4.40. The number of aryl methyl sites for hydroxylation is 2. The first-order valence-electron chi connectivity index (χ1n) is 7.86. The summed E-state index contributed by atoms with van der Waals surface area (Å²) in [5, 5.41) is 0. The van der Waals surface area contributed by atoms with Gasteiger partial charge in [-0.05, 0) is 12.8 Å². The topological polar surface area (TPSA) is 77.4 Å². The number of likely N-dealkylation sites (tertiary alicyclic amines) is 1. The van der Waals surface area contributed by atoms with Gasteiger partial charge < -0.3 is 9.47 Å². The minimum atomic E-state index is -0.358. The largest absolute Gasteiger partial charge is 0.363 e. The highest BCUT2D eigenvalue weighted by atomic mass is 35.5. The van der Waals surface area contributed by atoms with E-state index in [1.54, 1.807) is 13.4 Å². The standard InChI is InChI=1S/C15H22N6O2.ClH/c1-18-8-4-6-11(18)16-7-5-9-21-10-17-13-12(21)14(22)20(3)15(23)19(13)2;/h10H,4-9H2,1-3H3;1H. The zero-order valence-electron chi connectivity index (χ0n) is 14.2. The predicted octanol–water partition coefficient (Wildman–Crippen LogP) is 0.370. The number of halogens is 1. The molecule has 0 bridgehead atoms. The molecule has 0 aromatic carbocycles. The van der Waals surface area contributed by atoms with Crippen LogP contribution in [-0.4, -0.2) is 49.6 Å². The van der Waals surface area contributed by atoms with Crippen molar-refractivity contribution in [3.05, 3.63) is 27.2 Å². The number of rotatable bonds is 4. The molecule has 0 amide bonds. The molecule has 1 saturated heterocycles. The van der Waals surface area contributed by atoms with Gasteiger partial charge in [0.1, 0.15) is 0 Å². The molecule has 0 radical (unpaired) electrons. The van der Waals surface area contributed by atoms with Gasteiger partial charge >= 0.3 is 5.69 Å². The number of aromatic nitrogens is 4. The predicted molar refractivity (Wildman–Crippen MR) is 96.2 cm³/mol. The summed E-state index contributed by atoms with van der Waals surface area (Å²) in [4.78, 5) is 35.3. The third-order valence-corrected chi connectivity index (χ3v) is 4.40. The lowest BCUT2D eigenvalue weighted by atomic mass is 10.3. The van der Waals surface area contributed by atoms with E-state index >= 15 is 0 Å². The van der Waals surface area contributed by atoms with Gasteiger partial charge in [-0.15, -0.1) is 12.4 Å². The van der Waals surface area contributed by atoms with E-state index in [1.807, 2.05) is 4.57 Å². The van der Waals surface area contributed by atoms with Crippen LogP contribution in [0.1, 0.15) is 19.3 Å². The van der Waals surface area contributed by atoms with Gasteiger partial charge in [0.25, 0.3) is 5.56 Å². The van der Waals surface area contributed by atoms with Gasteiger partial charge in [-0.2, -0.15) is 0 Å². The molecule has 0 spiro atoms. The van der Waals surface area contributed by atoms with Gasteiger partial charge in [0, 0.05) is 47.2 Å². The molecular weight excluding hydrogens is 332 g/mol. The molecule has 8 nitrogen and oxygen atoms in total. The average Bonchev–Trinajstić information content (AvgIpc) is 3.14. The summed E-state index contributed by atoms with van der Waals surface area (Å²) in [6, 6.07) is 0. The molecule has 0 aliphatic carbocycles. The molecule has 24 heavy (non-hydrogen) atoms. The maximum Gasteiger partial charge on any atom is 0.332 e. The van der Waals surface area contributed by atoms with E-state index in [-0.39, 0.29) is 23.7 Å². The molecule has 9 heteroatoms. The zero-order valence-corrected chi connectivity index (χ0v) is 15.0. The van der Waals surface area contributed by atoms with Crippen molar-refractivity contribution in [3.8, 4) is 0 Å². The molecule has 0 N–H and O–H groups in total. The van der Waals surface area contributed by atoms with Crippen LogP contribution in [0.4, 0.5) is 0 Å². The van der Waals surface area contributed by atoms with E-state index < -0.39 is 0 Å². The van der Waals surface area contributed by atoms with E-state index in [0.717, 1.165) is 30.5 Å². The second kappa shape index (κ2) is 7.21. The van der Waals surface area contributed by atoms with Crippen LogP contribution in [0.25, 0.3) is 11.2 Å². The Morgan fingerprint density at radius 1 is 1.21 bits per heavy atom. The molecule has 132 valence electrons. The highest BCUT2D eigenvalue weighted by Gasteiger charge is 2.15. The SMILES string of the molecule is CN1CCCC1=NCCCn1cnc2c1c(=O)n(C)c(=O)n2C.Cl. The summed E-state index contributed by atoms with van der Waals surface area (Å²) < 4.78 is 4.34. The Morgan fingerprint density at radius 2 is 1.96 bits per heavy atom. The second-order valence-electron chi connectivity index (χ2n) is 5.99. The number of imidazole rings is 1. The summed E-state index contributed by atoms with van der Waals surface area (Å²) in [6.45, 7) is 2.46. The Hall–Kier alpha value is -2.09. The van der Waals surface area contributed by atoms with Gasteiger partial charge in [-0.3, -0.25) is 18.9 Å². The van der Waals surface area contributed by atoms with Crippen LogP contribution in [0.5, 0.6) is 0 Å². The van der Waals surface area contributed by atoms with E-state index in [1.165, 1.54) is 23.9 Å². The molecule has 1 fully saturated rings. The number of hydrogen-bond acceptors (Lipinski definition) is 4. The van der Waals surface area contributed by atoms with Crippen molar-refractivity contribution >= 4 is 29.4 Å². The average molecular weight is 355 g/mol. The summed E-state index contributed by atoms with van der Waals surface area (Å²) in [5.41, 5.74) is 0.242. The molecule has 0 saturated carbocycles. The first kappa shape index (κ1) is 18.3. The maximum absolute atomic E-state index is 12.3. The van der Waals surface area contributed by atoms with Crippen molar-refractivity contribution in [2.75, 3.05) is 20.1 Å².